The van der Waals surface area contributed by atoms with Gasteiger partial charge in [-0.2, -0.15) is 0 Å². The summed E-state index contributed by atoms with van der Waals surface area (Å²) in [5, 5.41) is 44.4. The summed E-state index contributed by atoms with van der Waals surface area (Å²) in [5.74, 6) is -10.4. The Morgan fingerprint density at radius 1 is 1.11 bits per heavy atom. The molecule has 9 nitrogen and oxygen atoms in total. The van der Waals surface area contributed by atoms with Gasteiger partial charge in [-0.15, -0.1) is 0 Å². The average molecular weight is 529 g/mol. The summed E-state index contributed by atoms with van der Waals surface area (Å²) in [6.07, 6.45) is -1.52. The standard InChI is InChI=1S/C27H26F2N2O7/c1-31(2)17-9-13(10-3-4-15(28)16(29)7-10)22(33)20-14(17)6-11-5-12-8-18(32)21(26(30)37)25(36)27(12,38)24(35)19(11)23(20)34/h3-4,7,9,11-12,18,21,32-34,38H,5-6,8H2,1-2H3,(H2,30,37)/t11-,12+,18?,21?,27+/m1/s1. The number of aliphatic hydroxyl groups is 3. The topological polar surface area (TPSA) is 161 Å². The van der Waals surface area contributed by atoms with Crippen molar-refractivity contribution in [2.45, 2.75) is 31.0 Å². The van der Waals surface area contributed by atoms with Crippen LogP contribution in [0, 0.1) is 29.4 Å². The molecule has 0 aromatic heterocycles. The van der Waals surface area contributed by atoms with E-state index in [-0.39, 0.29) is 41.5 Å². The Morgan fingerprint density at radius 3 is 2.39 bits per heavy atom. The number of benzene rings is 2. The van der Waals surface area contributed by atoms with E-state index in [4.69, 9.17) is 5.73 Å². The fraction of sp³-hybridized carbons (Fsp3) is 0.370. The molecule has 0 saturated heterocycles. The van der Waals surface area contributed by atoms with Gasteiger partial charge < -0.3 is 31.1 Å². The van der Waals surface area contributed by atoms with E-state index in [9.17, 15) is 43.6 Å². The van der Waals surface area contributed by atoms with Gasteiger partial charge in [0.2, 0.25) is 11.7 Å². The van der Waals surface area contributed by atoms with Crippen molar-refractivity contribution in [2.24, 2.45) is 23.5 Å². The first-order chi connectivity index (χ1) is 17.8. The summed E-state index contributed by atoms with van der Waals surface area (Å²) in [6, 6.07) is 4.60. The number of hydrogen-bond acceptors (Lipinski definition) is 8. The second-order valence-corrected chi connectivity index (χ2v) is 10.4. The molecule has 0 bridgehead atoms. The lowest BCUT2D eigenvalue weighted by atomic mass is 9.56. The van der Waals surface area contributed by atoms with Gasteiger partial charge in [-0.05, 0) is 54.5 Å². The van der Waals surface area contributed by atoms with Gasteiger partial charge in [0.05, 0.1) is 11.7 Å². The number of Topliss-reactive ketones (excluding diaryl/α,β-unsaturated/α-hetero) is 2. The fourth-order valence-electron chi connectivity index (χ4n) is 6.26. The second-order valence-electron chi connectivity index (χ2n) is 10.4. The van der Waals surface area contributed by atoms with Crippen LogP contribution in [0.2, 0.25) is 0 Å². The lowest BCUT2D eigenvalue weighted by molar-refractivity contribution is -0.174. The predicted octanol–water partition coefficient (Wildman–Crippen LogP) is 1.60. The van der Waals surface area contributed by atoms with Crippen LogP contribution in [0.4, 0.5) is 14.5 Å². The molecule has 0 heterocycles. The number of nitrogens with two attached hydrogens (primary N) is 1. The maximum absolute atomic E-state index is 14.0. The van der Waals surface area contributed by atoms with Crippen LogP contribution < -0.4 is 10.6 Å². The molecular formula is C27H26F2N2O7. The van der Waals surface area contributed by atoms with Crippen LogP contribution in [-0.2, 0) is 20.8 Å². The Balaban J connectivity index is 1.72. The van der Waals surface area contributed by atoms with E-state index in [1.807, 2.05) is 0 Å². The van der Waals surface area contributed by atoms with E-state index in [1.54, 1.807) is 25.1 Å². The maximum atomic E-state index is 14.0. The van der Waals surface area contributed by atoms with Crippen molar-refractivity contribution in [1.29, 1.82) is 0 Å². The Labute approximate surface area is 215 Å². The molecule has 6 N–H and O–H groups in total. The number of fused-ring (bicyclic) bond motifs is 3. The van der Waals surface area contributed by atoms with E-state index >= 15 is 0 Å². The van der Waals surface area contributed by atoms with Crippen molar-refractivity contribution in [3.8, 4) is 16.9 Å². The molecule has 5 atom stereocenters. The number of phenols is 1. The number of aliphatic hydroxyl groups excluding tert-OH is 2. The van der Waals surface area contributed by atoms with Gasteiger partial charge in [0.15, 0.2) is 23.0 Å². The average Bonchev–Trinajstić information content (AvgIpc) is 2.83. The molecule has 1 amide bonds. The van der Waals surface area contributed by atoms with E-state index in [0.717, 1.165) is 12.1 Å². The highest BCUT2D eigenvalue weighted by Gasteiger charge is 2.64. The molecule has 3 aliphatic rings. The lowest BCUT2D eigenvalue weighted by Gasteiger charge is -2.48. The molecule has 2 fully saturated rings. The minimum absolute atomic E-state index is 0.0356. The molecule has 2 aromatic rings. The van der Waals surface area contributed by atoms with E-state index in [1.165, 1.54) is 6.07 Å². The van der Waals surface area contributed by atoms with Crippen LogP contribution in [-0.4, -0.2) is 63.7 Å². The summed E-state index contributed by atoms with van der Waals surface area (Å²) in [5.41, 5.74) is 3.33. The first-order valence-corrected chi connectivity index (χ1v) is 12.0. The smallest absolute Gasteiger partial charge is 0.230 e. The Kier molecular flexibility index (Phi) is 5.84. The van der Waals surface area contributed by atoms with Crippen molar-refractivity contribution in [2.75, 3.05) is 19.0 Å². The normalized spacial score (nSPS) is 28.5. The SMILES string of the molecule is CN(C)c1cc(-c2ccc(F)c(F)c2)c(O)c2c1C[C@H]1C[C@H]3CC(O)C(C(N)=O)C(=O)[C@@]3(O)C(=O)C1=C2O. The second kappa shape index (κ2) is 8.60. The number of nitrogens with zero attached hydrogens (tertiary/aromatic N) is 1. The minimum Gasteiger partial charge on any atom is -0.507 e. The quantitative estimate of drug-likeness (QED) is 0.376. The third kappa shape index (κ3) is 3.45. The number of hydrogen-bond donors (Lipinski definition) is 5. The third-order valence-electron chi connectivity index (χ3n) is 8.07. The Bertz CT molecular complexity index is 1450. The molecule has 0 spiro atoms. The number of rotatable bonds is 3. The maximum Gasteiger partial charge on any atom is 0.230 e. The number of aromatic hydroxyl groups is 1. The lowest BCUT2D eigenvalue weighted by Crippen LogP contribution is -2.66. The molecule has 38 heavy (non-hydrogen) atoms. The summed E-state index contributed by atoms with van der Waals surface area (Å²) in [6.45, 7) is 0. The van der Waals surface area contributed by atoms with E-state index in [2.05, 4.69) is 0 Å². The number of phenolic OH excluding ortho intramolecular Hbond substituents is 1. The van der Waals surface area contributed by atoms with Gasteiger partial charge in [0.1, 0.15) is 17.4 Å². The van der Waals surface area contributed by atoms with Gasteiger partial charge in [0, 0.05) is 36.8 Å². The molecule has 0 aliphatic heterocycles. The van der Waals surface area contributed by atoms with Crippen molar-refractivity contribution in [3.05, 3.63) is 52.6 Å². The zero-order chi connectivity index (χ0) is 27.8. The highest BCUT2D eigenvalue weighted by Crippen LogP contribution is 2.54. The van der Waals surface area contributed by atoms with Crippen LogP contribution in [0.1, 0.15) is 24.0 Å². The summed E-state index contributed by atoms with van der Waals surface area (Å²) < 4.78 is 27.6. The fourth-order valence-corrected chi connectivity index (χ4v) is 6.26. The first kappa shape index (κ1) is 25.8. The molecule has 2 aromatic carbocycles. The summed E-state index contributed by atoms with van der Waals surface area (Å²) in [7, 11) is 3.42. The number of ketones is 2. The minimum atomic E-state index is -2.69. The van der Waals surface area contributed by atoms with Crippen molar-refractivity contribution < 1.29 is 43.6 Å². The number of carbonyl (C=O) groups is 3. The van der Waals surface area contributed by atoms with Crippen LogP contribution in [0.5, 0.6) is 5.75 Å². The highest BCUT2D eigenvalue weighted by atomic mass is 19.2. The Morgan fingerprint density at radius 2 is 1.79 bits per heavy atom. The zero-order valence-corrected chi connectivity index (χ0v) is 20.5. The molecule has 0 radical (unpaired) electrons. The highest BCUT2D eigenvalue weighted by molar-refractivity contribution is 6.24. The van der Waals surface area contributed by atoms with E-state index < -0.39 is 70.1 Å². The molecule has 2 saturated carbocycles. The molecular weight excluding hydrogens is 502 g/mol. The van der Waals surface area contributed by atoms with Gasteiger partial charge in [-0.1, -0.05) is 6.07 Å². The summed E-state index contributed by atoms with van der Waals surface area (Å²) in [4.78, 5) is 40.3. The summed E-state index contributed by atoms with van der Waals surface area (Å²) >= 11 is 0. The molecule has 5 rings (SSSR count). The van der Waals surface area contributed by atoms with Gasteiger partial charge in [-0.25, -0.2) is 8.78 Å². The first-order valence-electron chi connectivity index (χ1n) is 12.0. The number of anilines is 1. The Hall–Kier alpha value is -3.83. The van der Waals surface area contributed by atoms with Crippen LogP contribution >= 0.6 is 0 Å². The molecule has 3 aliphatic carbocycles. The van der Waals surface area contributed by atoms with Gasteiger partial charge in [0.25, 0.3) is 0 Å². The van der Waals surface area contributed by atoms with Gasteiger partial charge >= 0.3 is 0 Å². The monoisotopic (exact) mass is 528 g/mol. The molecule has 11 heteroatoms. The van der Waals surface area contributed by atoms with Crippen LogP contribution in [0.25, 0.3) is 16.9 Å². The van der Waals surface area contributed by atoms with Crippen molar-refractivity contribution >= 4 is 28.9 Å². The third-order valence-corrected chi connectivity index (χ3v) is 8.07. The van der Waals surface area contributed by atoms with Crippen molar-refractivity contribution in [1.82, 2.24) is 0 Å². The number of halogens is 2. The largest absolute Gasteiger partial charge is 0.507 e. The van der Waals surface area contributed by atoms with E-state index in [0.29, 0.717) is 11.3 Å². The zero-order valence-electron chi connectivity index (χ0n) is 20.5. The molecule has 2 unspecified atom stereocenters. The number of carbonyl (C=O) groups excluding carboxylic acids is 3. The molecule has 200 valence electrons. The van der Waals surface area contributed by atoms with Gasteiger partial charge in [-0.3, -0.25) is 14.4 Å². The predicted molar refractivity (Wildman–Crippen MR) is 131 cm³/mol. The number of primary amides is 1. The number of amides is 1. The van der Waals surface area contributed by atoms with Crippen LogP contribution in [0.3, 0.4) is 0 Å². The van der Waals surface area contributed by atoms with Crippen LogP contribution in [0.15, 0.2) is 29.8 Å². The van der Waals surface area contributed by atoms with Crippen molar-refractivity contribution in [3.63, 3.8) is 0 Å².